The van der Waals surface area contributed by atoms with Crippen LogP contribution in [0.25, 0.3) is 24.3 Å². The van der Waals surface area contributed by atoms with Crippen LogP contribution in [0.5, 0.6) is 0 Å². The predicted octanol–water partition coefficient (Wildman–Crippen LogP) is 5.65. The van der Waals surface area contributed by atoms with Crippen molar-refractivity contribution >= 4 is 36.9 Å². The van der Waals surface area contributed by atoms with E-state index >= 15 is 0 Å². The minimum Gasteiger partial charge on any atom is -0.298 e. The third-order valence-electron chi connectivity index (χ3n) is 4.13. The van der Waals surface area contributed by atoms with Crippen LogP contribution in [0.1, 0.15) is 43.0 Å². The number of hydrogen-bond acceptors (Lipinski definition) is 2. The molecule has 3 rings (SSSR count). The van der Waals surface area contributed by atoms with Gasteiger partial charge in [0.15, 0.2) is 12.6 Å². The van der Waals surface area contributed by atoms with Gasteiger partial charge in [-0.05, 0) is 22.3 Å². The summed E-state index contributed by atoms with van der Waals surface area (Å²) < 4.78 is 0. The Morgan fingerprint density at radius 2 is 0.615 bits per heavy atom. The second-order valence-corrected chi connectivity index (χ2v) is 5.79. The fourth-order valence-corrected chi connectivity index (χ4v) is 2.71. The van der Waals surface area contributed by atoms with E-state index in [0.29, 0.717) is 11.1 Å². The molecule has 126 valence electrons. The molecule has 0 aliphatic carbocycles. The molecule has 0 heterocycles. The first-order valence-electron chi connectivity index (χ1n) is 8.35. The zero-order valence-electron chi connectivity index (χ0n) is 14.2. The van der Waals surface area contributed by atoms with Crippen LogP contribution < -0.4 is 0 Å². The minimum atomic E-state index is 0.664. The van der Waals surface area contributed by atoms with E-state index in [1.165, 1.54) is 0 Å². The van der Waals surface area contributed by atoms with Crippen molar-refractivity contribution < 1.29 is 9.59 Å². The number of carbonyl (C=O) groups excluding carboxylic acids is 2. The summed E-state index contributed by atoms with van der Waals surface area (Å²) in [5.74, 6) is 0. The molecule has 2 nitrogen and oxygen atoms in total. The average molecular weight is 338 g/mol. The van der Waals surface area contributed by atoms with Gasteiger partial charge in [0.2, 0.25) is 0 Å². The fraction of sp³-hybridized carbons (Fsp3) is 0. The summed E-state index contributed by atoms with van der Waals surface area (Å²) in [5.41, 5.74) is 5.16. The molecular weight excluding hydrogens is 320 g/mol. The van der Waals surface area contributed by atoms with Gasteiger partial charge in [-0.2, -0.15) is 0 Å². The highest BCUT2D eigenvalue weighted by molar-refractivity contribution is 5.88. The number of aldehydes is 2. The lowest BCUT2D eigenvalue weighted by Crippen LogP contribution is -1.86. The smallest absolute Gasteiger partial charge is 0.150 e. The topological polar surface area (TPSA) is 34.1 Å². The van der Waals surface area contributed by atoms with Crippen LogP contribution in [0, 0.1) is 0 Å². The van der Waals surface area contributed by atoms with Crippen molar-refractivity contribution in [3.63, 3.8) is 0 Å². The van der Waals surface area contributed by atoms with E-state index in [9.17, 15) is 9.59 Å². The summed E-state index contributed by atoms with van der Waals surface area (Å²) >= 11 is 0. The standard InChI is InChI=1S/C24H18O2/c25-17-23-11-5-3-9-21(23)15-13-19-7-1-2-8-20(19)14-16-22-10-4-6-12-24(22)18-26/h1-18H/b15-13-,16-14-. The molecule has 0 saturated heterocycles. The molecule has 2 heteroatoms. The Bertz CT molecular complexity index is 900. The third-order valence-corrected chi connectivity index (χ3v) is 4.13. The SMILES string of the molecule is O=Cc1ccccc1/C=C\c1ccccc1/C=C\c1ccccc1C=O. The Labute approximate surface area is 153 Å². The van der Waals surface area contributed by atoms with Gasteiger partial charge < -0.3 is 0 Å². The van der Waals surface area contributed by atoms with Crippen LogP contribution >= 0.6 is 0 Å². The minimum absolute atomic E-state index is 0.664. The van der Waals surface area contributed by atoms with Gasteiger partial charge in [-0.3, -0.25) is 9.59 Å². The maximum Gasteiger partial charge on any atom is 0.150 e. The first-order chi connectivity index (χ1) is 12.8. The number of hydrogen-bond donors (Lipinski definition) is 0. The quantitative estimate of drug-likeness (QED) is 0.430. The van der Waals surface area contributed by atoms with Crippen molar-refractivity contribution in [2.45, 2.75) is 0 Å². The van der Waals surface area contributed by atoms with Crippen molar-refractivity contribution in [2.75, 3.05) is 0 Å². The van der Waals surface area contributed by atoms with Crippen LogP contribution in [0.4, 0.5) is 0 Å². The van der Waals surface area contributed by atoms with E-state index in [1.54, 1.807) is 12.1 Å². The molecule has 3 aromatic carbocycles. The van der Waals surface area contributed by atoms with Gasteiger partial charge in [0, 0.05) is 11.1 Å². The van der Waals surface area contributed by atoms with E-state index in [1.807, 2.05) is 85.0 Å². The lowest BCUT2D eigenvalue weighted by molar-refractivity contribution is 0.111. The van der Waals surface area contributed by atoms with Gasteiger partial charge in [0.05, 0.1) is 0 Å². The maximum absolute atomic E-state index is 11.2. The Kier molecular flexibility index (Phi) is 5.69. The second kappa shape index (κ2) is 8.54. The summed E-state index contributed by atoms with van der Waals surface area (Å²) in [6.07, 6.45) is 9.59. The Morgan fingerprint density at radius 3 is 0.885 bits per heavy atom. The first-order valence-corrected chi connectivity index (χ1v) is 8.35. The first kappa shape index (κ1) is 17.3. The molecule has 0 aliphatic heterocycles. The van der Waals surface area contributed by atoms with Crippen LogP contribution in [0.2, 0.25) is 0 Å². The predicted molar refractivity (Wildman–Crippen MR) is 108 cm³/mol. The molecule has 0 bridgehead atoms. The van der Waals surface area contributed by atoms with Gasteiger partial charge in [0.1, 0.15) is 0 Å². The van der Waals surface area contributed by atoms with Gasteiger partial charge in [0.25, 0.3) is 0 Å². The average Bonchev–Trinajstić information content (AvgIpc) is 2.71. The highest BCUT2D eigenvalue weighted by Gasteiger charge is 1.99. The van der Waals surface area contributed by atoms with E-state index in [-0.39, 0.29) is 0 Å². The van der Waals surface area contributed by atoms with Crippen LogP contribution in [0.3, 0.4) is 0 Å². The van der Waals surface area contributed by atoms with Crippen LogP contribution in [-0.4, -0.2) is 12.6 Å². The monoisotopic (exact) mass is 338 g/mol. The second-order valence-electron chi connectivity index (χ2n) is 5.79. The molecule has 0 amide bonds. The van der Waals surface area contributed by atoms with E-state index < -0.39 is 0 Å². The van der Waals surface area contributed by atoms with Gasteiger partial charge in [-0.25, -0.2) is 0 Å². The van der Waals surface area contributed by atoms with Crippen LogP contribution in [0.15, 0.2) is 72.8 Å². The van der Waals surface area contributed by atoms with Crippen molar-refractivity contribution in [3.05, 3.63) is 106 Å². The molecule has 3 aromatic rings. The lowest BCUT2D eigenvalue weighted by Gasteiger charge is -2.03. The summed E-state index contributed by atoms with van der Waals surface area (Å²) in [5, 5.41) is 0. The molecule has 26 heavy (non-hydrogen) atoms. The maximum atomic E-state index is 11.2. The van der Waals surface area contributed by atoms with E-state index in [4.69, 9.17) is 0 Å². The van der Waals surface area contributed by atoms with Crippen molar-refractivity contribution in [2.24, 2.45) is 0 Å². The summed E-state index contributed by atoms with van der Waals surface area (Å²) in [4.78, 5) is 22.3. The molecule has 0 unspecified atom stereocenters. The summed E-state index contributed by atoms with van der Waals surface area (Å²) in [7, 11) is 0. The lowest BCUT2D eigenvalue weighted by atomic mass is 10.0. The highest BCUT2D eigenvalue weighted by atomic mass is 16.1. The highest BCUT2D eigenvalue weighted by Crippen LogP contribution is 2.18. The fourth-order valence-electron chi connectivity index (χ4n) is 2.71. The van der Waals surface area contributed by atoms with Gasteiger partial charge in [-0.15, -0.1) is 0 Å². The molecule has 0 aliphatic rings. The van der Waals surface area contributed by atoms with Crippen molar-refractivity contribution in [1.82, 2.24) is 0 Å². The summed E-state index contributed by atoms with van der Waals surface area (Å²) in [6.45, 7) is 0. The summed E-state index contributed by atoms with van der Waals surface area (Å²) in [6, 6.07) is 22.9. The van der Waals surface area contributed by atoms with Gasteiger partial charge >= 0.3 is 0 Å². The number of benzene rings is 3. The Balaban J connectivity index is 1.91. The molecule has 0 N–H and O–H groups in total. The van der Waals surface area contributed by atoms with E-state index in [0.717, 1.165) is 34.8 Å². The third kappa shape index (κ3) is 4.11. The Hall–Kier alpha value is -3.52. The van der Waals surface area contributed by atoms with Crippen LogP contribution in [-0.2, 0) is 0 Å². The molecule has 0 fully saturated rings. The molecular formula is C24H18O2. The van der Waals surface area contributed by atoms with Crippen molar-refractivity contribution in [1.29, 1.82) is 0 Å². The zero-order chi connectivity index (χ0) is 18.2. The van der Waals surface area contributed by atoms with Crippen molar-refractivity contribution in [3.8, 4) is 0 Å². The van der Waals surface area contributed by atoms with Gasteiger partial charge in [-0.1, -0.05) is 97.1 Å². The zero-order valence-corrected chi connectivity index (χ0v) is 14.2. The normalized spacial score (nSPS) is 11.1. The molecule has 0 radical (unpaired) electrons. The number of carbonyl (C=O) groups is 2. The molecule has 0 atom stereocenters. The molecule has 0 aromatic heterocycles. The van der Waals surface area contributed by atoms with E-state index in [2.05, 4.69) is 0 Å². The molecule has 0 spiro atoms. The molecule has 0 saturated carbocycles. The largest absolute Gasteiger partial charge is 0.298 e. The number of rotatable bonds is 6. The Morgan fingerprint density at radius 1 is 0.385 bits per heavy atom.